The number of carbonyl (C=O) groups excluding carboxylic acids is 1. The molecule has 0 unspecified atom stereocenters. The fourth-order valence-corrected chi connectivity index (χ4v) is 3.39. The van der Waals surface area contributed by atoms with Gasteiger partial charge in [-0.3, -0.25) is 15.1 Å². The van der Waals surface area contributed by atoms with Crippen LogP contribution in [0.15, 0.2) is 58.7 Å². The molecule has 180 valence electrons. The zero-order valence-electron chi connectivity index (χ0n) is 18.6. The third-order valence-corrected chi connectivity index (χ3v) is 5.24. The van der Waals surface area contributed by atoms with Gasteiger partial charge in [0.1, 0.15) is 16.6 Å². The number of benzene rings is 2. The summed E-state index contributed by atoms with van der Waals surface area (Å²) in [5.74, 6) is -1.89. The second-order valence-corrected chi connectivity index (χ2v) is 7.81. The highest BCUT2D eigenvalue weighted by atomic mass is 35.5. The van der Waals surface area contributed by atoms with Crippen molar-refractivity contribution in [1.82, 2.24) is 5.32 Å². The van der Waals surface area contributed by atoms with Gasteiger partial charge < -0.3 is 20.7 Å². The van der Waals surface area contributed by atoms with Gasteiger partial charge in [-0.2, -0.15) is 0 Å². The summed E-state index contributed by atoms with van der Waals surface area (Å²) < 4.78 is 19.8. The lowest BCUT2D eigenvalue weighted by molar-refractivity contribution is -0.385. The molecule has 0 radical (unpaired) electrons. The fraction of sp³-hybridized carbons (Fsp3) is 0.182. The highest BCUT2D eigenvalue weighted by molar-refractivity contribution is 6.44. The number of methoxy groups -OCH3 is 1. The number of esters is 1. The van der Waals surface area contributed by atoms with Crippen LogP contribution in [0.1, 0.15) is 11.1 Å². The molecule has 0 spiro atoms. The Morgan fingerprint density at radius 3 is 2.56 bits per heavy atom. The van der Waals surface area contributed by atoms with E-state index in [1.165, 1.54) is 35.2 Å². The second-order valence-electron chi connectivity index (χ2n) is 7.02. The molecule has 0 aliphatic carbocycles. The molecule has 34 heavy (non-hydrogen) atoms. The van der Waals surface area contributed by atoms with Crippen molar-refractivity contribution in [1.29, 1.82) is 0 Å². The van der Waals surface area contributed by atoms with E-state index in [1.54, 1.807) is 20.2 Å². The first-order chi connectivity index (χ1) is 16.0. The van der Waals surface area contributed by atoms with Crippen molar-refractivity contribution in [3.05, 3.63) is 85.8 Å². The molecular formula is C22H22Cl2FN5O4. The Morgan fingerprint density at radius 1 is 1.32 bits per heavy atom. The Bertz CT molecular complexity index is 1200. The predicted octanol–water partition coefficient (Wildman–Crippen LogP) is 4.19. The number of nitro benzene ring substituents is 1. The topological polar surface area (TPSA) is 123 Å². The summed E-state index contributed by atoms with van der Waals surface area (Å²) in [7, 11) is 4.36. The maximum atomic E-state index is 15.0. The Morgan fingerprint density at radius 2 is 1.97 bits per heavy atom. The normalized spacial score (nSPS) is 12.0. The van der Waals surface area contributed by atoms with Gasteiger partial charge in [0.15, 0.2) is 5.82 Å². The van der Waals surface area contributed by atoms with E-state index in [0.29, 0.717) is 0 Å². The Labute approximate surface area is 205 Å². The molecule has 0 fully saturated rings. The number of nitro groups is 1. The minimum absolute atomic E-state index is 0.0226. The number of para-hydroxylation sites is 1. The van der Waals surface area contributed by atoms with E-state index >= 15 is 4.39 Å². The van der Waals surface area contributed by atoms with Crippen LogP contribution >= 0.6 is 23.2 Å². The Hall–Kier alpha value is -3.63. The highest BCUT2D eigenvalue weighted by Gasteiger charge is 2.22. The monoisotopic (exact) mass is 509 g/mol. The SMILES string of the molecule is C=C(NC(C(=O)OC)=C(Cl)C(N)=NCc1ccccc1[N+](=O)[O-])c1ccc(Cl)c(N(C)C)c1F. The maximum absolute atomic E-state index is 15.0. The molecule has 0 saturated carbocycles. The van der Waals surface area contributed by atoms with Crippen molar-refractivity contribution in [3.63, 3.8) is 0 Å². The lowest BCUT2D eigenvalue weighted by atomic mass is 10.1. The fourth-order valence-electron chi connectivity index (χ4n) is 2.89. The number of nitrogens with zero attached hydrogens (tertiary/aromatic N) is 3. The molecule has 0 aromatic heterocycles. The number of hydrogen-bond acceptors (Lipinski definition) is 7. The largest absolute Gasteiger partial charge is 0.464 e. The number of nitrogens with one attached hydrogen (secondary N) is 1. The molecule has 2 rings (SSSR count). The molecule has 0 aliphatic rings. The molecule has 0 saturated heterocycles. The summed E-state index contributed by atoms with van der Waals surface area (Å²) in [5.41, 5.74) is 5.85. The molecular weight excluding hydrogens is 488 g/mol. The molecule has 2 aromatic rings. The van der Waals surface area contributed by atoms with Crippen molar-refractivity contribution >= 4 is 52.1 Å². The quantitative estimate of drug-likeness (QED) is 0.130. The van der Waals surface area contributed by atoms with Crippen molar-refractivity contribution in [2.45, 2.75) is 6.54 Å². The van der Waals surface area contributed by atoms with Crippen molar-refractivity contribution in [2.24, 2.45) is 10.7 Å². The minimum Gasteiger partial charge on any atom is -0.464 e. The molecule has 2 aromatic carbocycles. The van der Waals surface area contributed by atoms with E-state index in [0.717, 1.165) is 7.11 Å². The van der Waals surface area contributed by atoms with E-state index in [9.17, 15) is 14.9 Å². The van der Waals surface area contributed by atoms with E-state index in [1.807, 2.05) is 0 Å². The van der Waals surface area contributed by atoms with E-state index in [4.69, 9.17) is 33.7 Å². The average molecular weight is 510 g/mol. The van der Waals surface area contributed by atoms with Crippen LogP contribution in [0.4, 0.5) is 15.8 Å². The third-order valence-electron chi connectivity index (χ3n) is 4.56. The standard InChI is InChI=1S/C22H22Cl2FN5O4/c1-12(14-9-10-15(23)20(18(14)25)29(2)3)28-19(22(31)34-4)17(24)21(26)27-11-13-7-5-6-8-16(13)30(32)33/h5-10,28H,1,11H2,2-4H3,(H2,26,27). The molecule has 12 heteroatoms. The molecule has 0 bridgehead atoms. The summed E-state index contributed by atoms with van der Waals surface area (Å²) in [5, 5.41) is 13.6. The van der Waals surface area contributed by atoms with Crippen LogP contribution in [0, 0.1) is 15.9 Å². The number of aliphatic imine (C=N–C) groups is 1. The van der Waals surface area contributed by atoms with Gasteiger partial charge in [-0.05, 0) is 12.1 Å². The van der Waals surface area contributed by atoms with Gasteiger partial charge in [-0.15, -0.1) is 0 Å². The zero-order chi connectivity index (χ0) is 25.6. The van der Waals surface area contributed by atoms with Crippen LogP contribution in [0.2, 0.25) is 5.02 Å². The Kier molecular flexibility index (Phi) is 8.99. The van der Waals surface area contributed by atoms with Crippen LogP contribution in [-0.4, -0.2) is 37.9 Å². The van der Waals surface area contributed by atoms with Gasteiger partial charge in [0.25, 0.3) is 5.69 Å². The van der Waals surface area contributed by atoms with Gasteiger partial charge in [-0.1, -0.05) is 48.0 Å². The number of ether oxygens (including phenoxy) is 1. The van der Waals surface area contributed by atoms with Crippen LogP contribution < -0.4 is 16.0 Å². The smallest absolute Gasteiger partial charge is 0.356 e. The van der Waals surface area contributed by atoms with E-state index in [-0.39, 0.29) is 56.3 Å². The average Bonchev–Trinajstić information content (AvgIpc) is 2.79. The van der Waals surface area contributed by atoms with E-state index < -0.39 is 16.7 Å². The van der Waals surface area contributed by atoms with Crippen LogP contribution in [0.5, 0.6) is 0 Å². The predicted molar refractivity (Wildman–Crippen MR) is 131 cm³/mol. The number of anilines is 1. The number of rotatable bonds is 9. The summed E-state index contributed by atoms with van der Waals surface area (Å²) >= 11 is 12.4. The summed E-state index contributed by atoms with van der Waals surface area (Å²) in [6, 6.07) is 8.83. The third kappa shape index (κ3) is 6.03. The second kappa shape index (κ2) is 11.5. The van der Waals surface area contributed by atoms with Crippen LogP contribution in [0.25, 0.3) is 5.70 Å². The lowest BCUT2D eigenvalue weighted by Gasteiger charge is -2.19. The molecule has 0 amide bonds. The van der Waals surface area contributed by atoms with Gasteiger partial charge in [0.2, 0.25) is 0 Å². The van der Waals surface area contributed by atoms with Crippen molar-refractivity contribution in [3.8, 4) is 0 Å². The summed E-state index contributed by atoms with van der Waals surface area (Å²) in [4.78, 5) is 28.5. The number of amidine groups is 1. The van der Waals surface area contributed by atoms with Gasteiger partial charge in [0.05, 0.1) is 34.9 Å². The van der Waals surface area contributed by atoms with Crippen molar-refractivity contribution < 1.29 is 18.8 Å². The molecule has 3 N–H and O–H groups in total. The summed E-state index contributed by atoms with van der Waals surface area (Å²) in [6.45, 7) is 3.60. The minimum atomic E-state index is -0.919. The first-order valence-electron chi connectivity index (χ1n) is 9.61. The summed E-state index contributed by atoms with van der Waals surface area (Å²) in [6.07, 6.45) is 0. The van der Waals surface area contributed by atoms with Crippen LogP contribution in [0.3, 0.4) is 0 Å². The maximum Gasteiger partial charge on any atom is 0.356 e. The number of halogens is 3. The molecule has 0 atom stereocenters. The number of hydrogen-bond donors (Lipinski definition) is 2. The lowest BCUT2D eigenvalue weighted by Crippen LogP contribution is -2.26. The first kappa shape index (κ1) is 26.6. The van der Waals surface area contributed by atoms with Gasteiger partial charge >= 0.3 is 5.97 Å². The van der Waals surface area contributed by atoms with Gasteiger partial charge in [0, 0.05) is 31.4 Å². The van der Waals surface area contributed by atoms with Gasteiger partial charge in [-0.25, -0.2) is 9.18 Å². The molecule has 9 nitrogen and oxygen atoms in total. The van der Waals surface area contributed by atoms with Crippen LogP contribution in [-0.2, 0) is 16.1 Å². The number of nitrogens with two attached hydrogens (primary N) is 1. The first-order valence-corrected chi connectivity index (χ1v) is 10.4. The Balaban J connectivity index is 2.42. The highest BCUT2D eigenvalue weighted by Crippen LogP contribution is 2.32. The van der Waals surface area contributed by atoms with Crippen molar-refractivity contribution in [2.75, 3.05) is 26.1 Å². The number of carbonyl (C=O) groups is 1. The molecule has 0 aliphatic heterocycles. The molecule has 0 heterocycles. The zero-order valence-corrected chi connectivity index (χ0v) is 20.1. The van der Waals surface area contributed by atoms with E-state index in [2.05, 4.69) is 16.9 Å².